The summed E-state index contributed by atoms with van der Waals surface area (Å²) in [6.07, 6.45) is 6.77. The lowest BCUT2D eigenvalue weighted by Gasteiger charge is -2.24. The Kier molecular flexibility index (Phi) is 5.49. The van der Waals surface area contributed by atoms with E-state index in [0.717, 1.165) is 18.6 Å². The molecule has 14 heavy (non-hydrogen) atoms. The van der Waals surface area contributed by atoms with Crippen LogP contribution in [0.3, 0.4) is 0 Å². The van der Waals surface area contributed by atoms with Gasteiger partial charge in [-0.1, -0.05) is 20.3 Å². The predicted octanol–water partition coefficient (Wildman–Crippen LogP) is 2.25. The SMILES string of the molecule is CCCCN(C)C1CCC(NCC)C1. The van der Waals surface area contributed by atoms with Gasteiger partial charge in [-0.3, -0.25) is 0 Å². The molecule has 1 saturated carbocycles. The van der Waals surface area contributed by atoms with Gasteiger partial charge in [0.2, 0.25) is 0 Å². The number of nitrogens with one attached hydrogen (secondary N) is 1. The summed E-state index contributed by atoms with van der Waals surface area (Å²) in [6.45, 7) is 6.87. The molecule has 0 amide bonds. The average Bonchev–Trinajstić information content (AvgIpc) is 2.63. The first kappa shape index (κ1) is 12.0. The van der Waals surface area contributed by atoms with Crippen molar-refractivity contribution in [2.24, 2.45) is 0 Å². The Morgan fingerprint density at radius 2 is 2.07 bits per heavy atom. The Bertz CT molecular complexity index is 147. The molecule has 1 fully saturated rings. The molecule has 0 saturated heterocycles. The highest BCUT2D eigenvalue weighted by atomic mass is 15.1. The molecule has 1 N–H and O–H groups in total. The van der Waals surface area contributed by atoms with Gasteiger partial charge in [-0.25, -0.2) is 0 Å². The maximum atomic E-state index is 3.56. The largest absolute Gasteiger partial charge is 0.314 e. The molecule has 2 atom stereocenters. The number of hydrogen-bond acceptors (Lipinski definition) is 2. The van der Waals surface area contributed by atoms with Crippen molar-refractivity contribution in [2.75, 3.05) is 20.1 Å². The van der Waals surface area contributed by atoms with E-state index < -0.39 is 0 Å². The summed E-state index contributed by atoms with van der Waals surface area (Å²) in [5, 5.41) is 3.56. The quantitative estimate of drug-likeness (QED) is 0.704. The second-order valence-corrected chi connectivity index (χ2v) is 4.56. The number of unbranched alkanes of at least 4 members (excludes halogenated alkanes) is 1. The topological polar surface area (TPSA) is 15.3 Å². The molecule has 0 heterocycles. The molecule has 0 aliphatic heterocycles. The number of rotatable bonds is 6. The Labute approximate surface area is 89.1 Å². The van der Waals surface area contributed by atoms with Gasteiger partial charge in [0.15, 0.2) is 0 Å². The van der Waals surface area contributed by atoms with Crippen LogP contribution in [0, 0.1) is 0 Å². The lowest BCUT2D eigenvalue weighted by atomic mass is 10.2. The van der Waals surface area contributed by atoms with E-state index in [1.807, 2.05) is 0 Å². The average molecular weight is 198 g/mol. The molecule has 2 heteroatoms. The second kappa shape index (κ2) is 6.41. The van der Waals surface area contributed by atoms with Gasteiger partial charge in [0, 0.05) is 12.1 Å². The van der Waals surface area contributed by atoms with E-state index in [-0.39, 0.29) is 0 Å². The third-order valence-corrected chi connectivity index (χ3v) is 3.39. The fourth-order valence-corrected chi connectivity index (χ4v) is 2.42. The molecule has 1 rings (SSSR count). The monoisotopic (exact) mass is 198 g/mol. The molecule has 84 valence electrons. The van der Waals surface area contributed by atoms with Crippen LogP contribution in [0.2, 0.25) is 0 Å². The summed E-state index contributed by atoms with van der Waals surface area (Å²) in [4.78, 5) is 2.56. The van der Waals surface area contributed by atoms with Crippen LogP contribution in [0.1, 0.15) is 46.0 Å². The molecular formula is C12H26N2. The predicted molar refractivity (Wildman–Crippen MR) is 62.6 cm³/mol. The van der Waals surface area contributed by atoms with Crippen LogP contribution >= 0.6 is 0 Å². The smallest absolute Gasteiger partial charge is 0.0108 e. The van der Waals surface area contributed by atoms with E-state index >= 15 is 0 Å². The van der Waals surface area contributed by atoms with E-state index in [9.17, 15) is 0 Å². The van der Waals surface area contributed by atoms with E-state index in [2.05, 4.69) is 31.1 Å². The van der Waals surface area contributed by atoms with Crippen LogP contribution in [-0.2, 0) is 0 Å². The molecule has 2 unspecified atom stereocenters. The number of nitrogens with zero attached hydrogens (tertiary/aromatic N) is 1. The Balaban J connectivity index is 2.19. The summed E-state index contributed by atoms with van der Waals surface area (Å²) in [7, 11) is 2.29. The van der Waals surface area contributed by atoms with Crippen LogP contribution in [-0.4, -0.2) is 37.1 Å². The first-order chi connectivity index (χ1) is 6.77. The van der Waals surface area contributed by atoms with Gasteiger partial charge in [-0.05, 0) is 45.8 Å². The highest BCUT2D eigenvalue weighted by molar-refractivity contribution is 4.85. The Morgan fingerprint density at radius 3 is 2.71 bits per heavy atom. The molecule has 1 aliphatic rings. The summed E-state index contributed by atoms with van der Waals surface area (Å²) >= 11 is 0. The zero-order chi connectivity index (χ0) is 10.4. The van der Waals surface area contributed by atoms with Gasteiger partial charge in [0.05, 0.1) is 0 Å². The molecule has 1 aliphatic carbocycles. The standard InChI is InChI=1S/C12H26N2/c1-4-6-9-14(3)12-8-7-11(10-12)13-5-2/h11-13H,4-10H2,1-3H3. The maximum absolute atomic E-state index is 3.56. The van der Waals surface area contributed by atoms with Gasteiger partial charge in [0.1, 0.15) is 0 Å². The molecule has 0 aromatic rings. The zero-order valence-corrected chi connectivity index (χ0v) is 10.1. The highest BCUT2D eigenvalue weighted by Crippen LogP contribution is 2.23. The molecule has 0 bridgehead atoms. The minimum atomic E-state index is 0.786. The fourth-order valence-electron chi connectivity index (χ4n) is 2.42. The molecule has 2 nitrogen and oxygen atoms in total. The van der Waals surface area contributed by atoms with Crippen molar-refractivity contribution in [1.82, 2.24) is 10.2 Å². The summed E-state index contributed by atoms with van der Waals surface area (Å²) in [5.74, 6) is 0. The van der Waals surface area contributed by atoms with E-state index in [1.54, 1.807) is 0 Å². The Hall–Kier alpha value is -0.0800. The van der Waals surface area contributed by atoms with Crippen molar-refractivity contribution in [3.05, 3.63) is 0 Å². The van der Waals surface area contributed by atoms with Gasteiger partial charge in [0.25, 0.3) is 0 Å². The lowest BCUT2D eigenvalue weighted by Crippen LogP contribution is -2.33. The van der Waals surface area contributed by atoms with Crippen molar-refractivity contribution in [2.45, 2.75) is 58.0 Å². The second-order valence-electron chi connectivity index (χ2n) is 4.56. The first-order valence-corrected chi connectivity index (χ1v) is 6.21. The van der Waals surface area contributed by atoms with Crippen LogP contribution < -0.4 is 5.32 Å². The van der Waals surface area contributed by atoms with Gasteiger partial charge >= 0.3 is 0 Å². The summed E-state index contributed by atoms with van der Waals surface area (Å²) in [6, 6.07) is 1.62. The maximum Gasteiger partial charge on any atom is 0.0108 e. The van der Waals surface area contributed by atoms with Crippen molar-refractivity contribution in [1.29, 1.82) is 0 Å². The van der Waals surface area contributed by atoms with Crippen molar-refractivity contribution < 1.29 is 0 Å². The normalized spacial score (nSPS) is 27.4. The Morgan fingerprint density at radius 1 is 1.29 bits per heavy atom. The van der Waals surface area contributed by atoms with E-state index in [0.29, 0.717) is 0 Å². The third kappa shape index (κ3) is 3.58. The zero-order valence-electron chi connectivity index (χ0n) is 10.1. The van der Waals surface area contributed by atoms with Crippen LogP contribution in [0.5, 0.6) is 0 Å². The fraction of sp³-hybridized carbons (Fsp3) is 1.00. The van der Waals surface area contributed by atoms with Gasteiger partial charge < -0.3 is 10.2 Å². The first-order valence-electron chi connectivity index (χ1n) is 6.21. The van der Waals surface area contributed by atoms with Crippen molar-refractivity contribution in [3.63, 3.8) is 0 Å². The molecule has 0 aromatic heterocycles. The minimum absolute atomic E-state index is 0.786. The van der Waals surface area contributed by atoms with Crippen molar-refractivity contribution >= 4 is 0 Å². The molecule has 0 aromatic carbocycles. The minimum Gasteiger partial charge on any atom is -0.314 e. The van der Waals surface area contributed by atoms with E-state index in [4.69, 9.17) is 0 Å². The van der Waals surface area contributed by atoms with Gasteiger partial charge in [-0.15, -0.1) is 0 Å². The third-order valence-electron chi connectivity index (χ3n) is 3.39. The molecule has 0 spiro atoms. The van der Waals surface area contributed by atoms with Crippen molar-refractivity contribution in [3.8, 4) is 0 Å². The highest BCUT2D eigenvalue weighted by Gasteiger charge is 2.26. The van der Waals surface area contributed by atoms with Crippen LogP contribution in [0.4, 0.5) is 0 Å². The molecular weight excluding hydrogens is 172 g/mol. The number of hydrogen-bond donors (Lipinski definition) is 1. The van der Waals surface area contributed by atoms with Crippen LogP contribution in [0.25, 0.3) is 0 Å². The van der Waals surface area contributed by atoms with Crippen LogP contribution in [0.15, 0.2) is 0 Å². The molecule has 0 radical (unpaired) electrons. The summed E-state index contributed by atoms with van der Waals surface area (Å²) < 4.78 is 0. The van der Waals surface area contributed by atoms with E-state index in [1.165, 1.54) is 38.6 Å². The summed E-state index contributed by atoms with van der Waals surface area (Å²) in [5.41, 5.74) is 0. The van der Waals surface area contributed by atoms with Gasteiger partial charge in [-0.2, -0.15) is 0 Å². The lowest BCUT2D eigenvalue weighted by molar-refractivity contribution is 0.238.